The standard InChI is InChI=1S/C23H15N3O3/c24-14-19-2-1-3-20(13-19)21(15-25)12-17-6-10-23(11-7-17)29-16-18-4-8-22(9-5-18)26(27)28/h1-13H,16H2. The second kappa shape index (κ2) is 8.98. The summed E-state index contributed by atoms with van der Waals surface area (Å²) in [7, 11) is 0. The van der Waals surface area contributed by atoms with Crippen molar-refractivity contribution in [2.45, 2.75) is 6.61 Å². The molecule has 0 aliphatic rings. The van der Waals surface area contributed by atoms with E-state index in [-0.39, 0.29) is 12.3 Å². The molecule has 140 valence electrons. The predicted octanol–water partition coefficient (Wildman–Crippen LogP) is 5.11. The molecule has 3 rings (SSSR count). The molecule has 0 aliphatic heterocycles. The van der Waals surface area contributed by atoms with Crippen LogP contribution in [0.1, 0.15) is 22.3 Å². The smallest absolute Gasteiger partial charge is 0.269 e. The molecule has 0 saturated carbocycles. The highest BCUT2D eigenvalue weighted by atomic mass is 16.6. The van der Waals surface area contributed by atoms with Gasteiger partial charge in [0.1, 0.15) is 12.4 Å². The van der Waals surface area contributed by atoms with Gasteiger partial charge in [-0.25, -0.2) is 0 Å². The number of rotatable bonds is 6. The topological polar surface area (TPSA) is 99.9 Å². The molecule has 3 aromatic carbocycles. The first kappa shape index (κ1) is 19.3. The van der Waals surface area contributed by atoms with Gasteiger partial charge >= 0.3 is 0 Å². The highest BCUT2D eigenvalue weighted by Gasteiger charge is 2.05. The quantitative estimate of drug-likeness (QED) is 0.256. The molecular weight excluding hydrogens is 366 g/mol. The first-order valence-electron chi connectivity index (χ1n) is 8.67. The summed E-state index contributed by atoms with van der Waals surface area (Å²) in [5.41, 5.74) is 3.33. The van der Waals surface area contributed by atoms with Gasteiger partial charge in [-0.3, -0.25) is 10.1 Å². The molecule has 0 bridgehead atoms. The Morgan fingerprint density at radius 1 is 1.03 bits per heavy atom. The zero-order valence-corrected chi connectivity index (χ0v) is 15.3. The first-order valence-corrected chi connectivity index (χ1v) is 8.67. The van der Waals surface area contributed by atoms with Crippen molar-refractivity contribution in [3.8, 4) is 17.9 Å². The Morgan fingerprint density at radius 2 is 1.76 bits per heavy atom. The van der Waals surface area contributed by atoms with Gasteiger partial charge in [0, 0.05) is 12.1 Å². The van der Waals surface area contributed by atoms with Gasteiger partial charge in [0.05, 0.1) is 28.2 Å². The summed E-state index contributed by atoms with van der Waals surface area (Å²) in [5, 5.41) is 29.1. The molecule has 0 N–H and O–H groups in total. The van der Waals surface area contributed by atoms with E-state index in [1.54, 1.807) is 54.6 Å². The van der Waals surface area contributed by atoms with Crippen LogP contribution in [0.25, 0.3) is 11.6 Å². The zero-order valence-electron chi connectivity index (χ0n) is 15.3. The number of nitro groups is 1. The zero-order chi connectivity index (χ0) is 20.6. The summed E-state index contributed by atoms with van der Waals surface area (Å²) < 4.78 is 5.70. The molecule has 0 saturated heterocycles. The van der Waals surface area contributed by atoms with E-state index in [0.29, 0.717) is 22.4 Å². The Balaban J connectivity index is 1.69. The predicted molar refractivity (Wildman–Crippen MR) is 109 cm³/mol. The maximum absolute atomic E-state index is 10.7. The number of benzene rings is 3. The molecule has 0 aromatic heterocycles. The number of ether oxygens (including phenoxy) is 1. The summed E-state index contributed by atoms with van der Waals surface area (Å²) in [6, 6.07) is 24.6. The monoisotopic (exact) mass is 381 g/mol. The lowest BCUT2D eigenvalue weighted by Gasteiger charge is -2.07. The van der Waals surface area contributed by atoms with Crippen LogP contribution in [0, 0.1) is 32.8 Å². The normalized spacial score (nSPS) is 10.6. The van der Waals surface area contributed by atoms with E-state index >= 15 is 0 Å². The van der Waals surface area contributed by atoms with Crippen LogP contribution in [-0.2, 0) is 6.61 Å². The fraction of sp³-hybridized carbons (Fsp3) is 0.0435. The van der Waals surface area contributed by atoms with Crippen LogP contribution in [0.3, 0.4) is 0 Å². The molecule has 0 amide bonds. The molecule has 29 heavy (non-hydrogen) atoms. The van der Waals surface area contributed by atoms with Crippen LogP contribution < -0.4 is 4.74 Å². The third kappa shape index (κ3) is 5.06. The van der Waals surface area contributed by atoms with Crippen molar-refractivity contribution >= 4 is 17.3 Å². The number of allylic oxidation sites excluding steroid dienone is 1. The van der Waals surface area contributed by atoms with Crippen molar-refractivity contribution in [1.82, 2.24) is 0 Å². The highest BCUT2D eigenvalue weighted by molar-refractivity contribution is 5.89. The molecule has 0 radical (unpaired) electrons. The Hall–Kier alpha value is -4.42. The van der Waals surface area contributed by atoms with Crippen molar-refractivity contribution in [2.24, 2.45) is 0 Å². The van der Waals surface area contributed by atoms with E-state index in [1.807, 2.05) is 12.1 Å². The Bertz CT molecular complexity index is 1140. The summed E-state index contributed by atoms with van der Waals surface area (Å²) in [6.45, 7) is 0.289. The van der Waals surface area contributed by atoms with Crippen molar-refractivity contribution in [1.29, 1.82) is 10.5 Å². The molecule has 0 spiro atoms. The number of non-ortho nitro benzene ring substituents is 1. The Kier molecular flexibility index (Phi) is 5.99. The molecule has 6 nitrogen and oxygen atoms in total. The van der Waals surface area contributed by atoms with E-state index in [0.717, 1.165) is 11.1 Å². The van der Waals surface area contributed by atoms with Crippen LogP contribution in [0.5, 0.6) is 5.75 Å². The Morgan fingerprint density at radius 3 is 2.38 bits per heavy atom. The average molecular weight is 381 g/mol. The van der Waals surface area contributed by atoms with E-state index in [9.17, 15) is 15.4 Å². The van der Waals surface area contributed by atoms with Gasteiger partial charge in [-0.15, -0.1) is 0 Å². The summed E-state index contributed by atoms with van der Waals surface area (Å²) in [6.07, 6.45) is 1.75. The van der Waals surface area contributed by atoms with Crippen LogP contribution in [0.15, 0.2) is 72.8 Å². The maximum Gasteiger partial charge on any atom is 0.269 e. The fourth-order valence-electron chi connectivity index (χ4n) is 2.64. The minimum absolute atomic E-state index is 0.0403. The number of nitro benzene ring substituents is 1. The van der Waals surface area contributed by atoms with Crippen LogP contribution in [0.4, 0.5) is 5.69 Å². The lowest BCUT2D eigenvalue weighted by molar-refractivity contribution is -0.384. The molecule has 6 heteroatoms. The van der Waals surface area contributed by atoms with Gasteiger partial charge in [-0.05, 0) is 59.2 Å². The summed E-state index contributed by atoms with van der Waals surface area (Å²) in [5.74, 6) is 0.644. The van der Waals surface area contributed by atoms with Gasteiger partial charge in [0.25, 0.3) is 5.69 Å². The molecule has 0 fully saturated rings. The fourth-order valence-corrected chi connectivity index (χ4v) is 2.64. The average Bonchev–Trinajstić information content (AvgIpc) is 2.77. The van der Waals surface area contributed by atoms with Gasteiger partial charge in [0.2, 0.25) is 0 Å². The van der Waals surface area contributed by atoms with Crippen molar-refractivity contribution in [2.75, 3.05) is 0 Å². The van der Waals surface area contributed by atoms with E-state index in [2.05, 4.69) is 12.1 Å². The molecule has 0 aliphatic carbocycles. The molecule has 0 heterocycles. The van der Waals surface area contributed by atoms with E-state index < -0.39 is 4.92 Å². The SMILES string of the molecule is N#CC(=Cc1ccc(OCc2ccc([N+](=O)[O-])cc2)cc1)c1cccc(C#N)c1. The van der Waals surface area contributed by atoms with E-state index in [1.165, 1.54) is 12.1 Å². The molecular formula is C23H15N3O3. The van der Waals surface area contributed by atoms with Crippen LogP contribution in [0.2, 0.25) is 0 Å². The number of nitriles is 2. The molecule has 3 aromatic rings. The van der Waals surface area contributed by atoms with Gasteiger partial charge < -0.3 is 4.74 Å². The first-order chi connectivity index (χ1) is 14.1. The van der Waals surface area contributed by atoms with Crippen LogP contribution in [-0.4, -0.2) is 4.92 Å². The highest BCUT2D eigenvalue weighted by Crippen LogP contribution is 2.21. The Labute approximate surface area is 167 Å². The molecule has 0 atom stereocenters. The minimum atomic E-state index is -0.442. The minimum Gasteiger partial charge on any atom is -0.489 e. The van der Waals surface area contributed by atoms with Gasteiger partial charge in [-0.1, -0.05) is 24.3 Å². The van der Waals surface area contributed by atoms with Crippen LogP contribution >= 0.6 is 0 Å². The van der Waals surface area contributed by atoms with Gasteiger partial charge in [-0.2, -0.15) is 10.5 Å². The largest absolute Gasteiger partial charge is 0.489 e. The van der Waals surface area contributed by atoms with Crippen molar-refractivity contribution in [3.05, 3.63) is 105 Å². The van der Waals surface area contributed by atoms with Crippen molar-refractivity contribution in [3.63, 3.8) is 0 Å². The lowest BCUT2D eigenvalue weighted by atomic mass is 10.0. The number of hydrogen-bond donors (Lipinski definition) is 0. The second-order valence-electron chi connectivity index (χ2n) is 6.14. The lowest BCUT2D eigenvalue weighted by Crippen LogP contribution is -1.96. The third-order valence-electron chi connectivity index (χ3n) is 4.17. The molecule has 0 unspecified atom stereocenters. The summed E-state index contributed by atoms with van der Waals surface area (Å²) >= 11 is 0. The van der Waals surface area contributed by atoms with Gasteiger partial charge in [0.15, 0.2) is 0 Å². The third-order valence-corrected chi connectivity index (χ3v) is 4.17. The summed E-state index contributed by atoms with van der Waals surface area (Å²) in [4.78, 5) is 10.2. The number of nitrogens with zero attached hydrogens (tertiary/aromatic N) is 3. The number of hydrogen-bond acceptors (Lipinski definition) is 5. The second-order valence-corrected chi connectivity index (χ2v) is 6.14. The van der Waals surface area contributed by atoms with Crippen molar-refractivity contribution < 1.29 is 9.66 Å². The van der Waals surface area contributed by atoms with E-state index in [4.69, 9.17) is 10.00 Å². The maximum atomic E-state index is 10.7.